The second-order valence-corrected chi connectivity index (χ2v) is 9.27. The van der Waals surface area contributed by atoms with Crippen LogP contribution in [0.25, 0.3) is 11.3 Å². The molecule has 0 saturated heterocycles. The lowest BCUT2D eigenvalue weighted by Crippen LogP contribution is -2.08. The summed E-state index contributed by atoms with van der Waals surface area (Å²) in [6.07, 6.45) is 1.34. The third kappa shape index (κ3) is 6.48. The van der Waals surface area contributed by atoms with Crippen molar-refractivity contribution in [3.05, 3.63) is 82.4 Å². The molecule has 2 aromatic carbocycles. The van der Waals surface area contributed by atoms with Gasteiger partial charge in [0.2, 0.25) is 5.95 Å². The van der Waals surface area contributed by atoms with Crippen LogP contribution in [0, 0.1) is 6.92 Å². The van der Waals surface area contributed by atoms with Crippen molar-refractivity contribution in [2.24, 2.45) is 0 Å². The monoisotopic (exact) mass is 502 g/mol. The lowest BCUT2D eigenvalue weighted by atomic mass is 10.1. The number of anilines is 1. The fourth-order valence-electron chi connectivity index (χ4n) is 3.19. The van der Waals surface area contributed by atoms with Crippen LogP contribution in [0.1, 0.15) is 22.6 Å². The maximum atomic E-state index is 12.5. The molecule has 0 atom stereocenters. The molecule has 0 saturated carbocycles. The average molecular weight is 503 g/mol. The molecule has 4 aromatic rings. The first-order valence-corrected chi connectivity index (χ1v) is 12.1. The fourth-order valence-corrected chi connectivity index (χ4v) is 4.43. The van der Waals surface area contributed by atoms with Crippen molar-refractivity contribution in [1.29, 1.82) is 0 Å². The largest absolute Gasteiger partial charge is 0.493 e. The zero-order valence-corrected chi connectivity index (χ0v) is 19.8. The van der Waals surface area contributed by atoms with E-state index in [1.165, 1.54) is 34.9 Å². The molecule has 0 fully saturated rings. The van der Waals surface area contributed by atoms with Gasteiger partial charge in [0.15, 0.2) is 0 Å². The summed E-state index contributed by atoms with van der Waals surface area (Å²) in [4.78, 5) is 13.5. The highest BCUT2D eigenvalue weighted by Crippen LogP contribution is 2.32. The van der Waals surface area contributed by atoms with E-state index in [1.54, 1.807) is 29.9 Å². The quantitative estimate of drug-likeness (QED) is 0.302. The molecule has 176 valence electrons. The van der Waals surface area contributed by atoms with Crippen molar-refractivity contribution in [1.82, 2.24) is 15.0 Å². The third-order valence-corrected chi connectivity index (χ3v) is 6.37. The van der Waals surface area contributed by atoms with Crippen LogP contribution in [0.15, 0.2) is 71.2 Å². The standard InChI is InChI=1S/C13H13N3OS.C11H8F3NS/c1-3-10-4-5-11(9-12(10)17-8-1)18-16-13-14-6-2-7-15-13;1-7-15-10(6-16-7)8-3-2-4-9(5-8)11(12,13)14/h2,4-7,9H,1,3,8H2,(H,14,15,16);2-6H,1H3. The van der Waals surface area contributed by atoms with Crippen LogP contribution in [0.5, 0.6) is 5.75 Å². The van der Waals surface area contributed by atoms with E-state index >= 15 is 0 Å². The van der Waals surface area contributed by atoms with Gasteiger partial charge in [-0.15, -0.1) is 11.3 Å². The Morgan fingerprint density at radius 3 is 2.62 bits per heavy atom. The number of ether oxygens (including phenoxy) is 1. The van der Waals surface area contributed by atoms with Crippen LogP contribution in [-0.2, 0) is 12.6 Å². The number of aryl methyl sites for hydroxylation is 2. The van der Waals surface area contributed by atoms with Gasteiger partial charge in [-0.2, -0.15) is 13.2 Å². The van der Waals surface area contributed by atoms with Crippen LogP contribution < -0.4 is 9.46 Å². The minimum atomic E-state index is -4.30. The highest BCUT2D eigenvalue weighted by Gasteiger charge is 2.30. The zero-order chi connectivity index (χ0) is 24.0. The molecule has 0 spiro atoms. The Morgan fingerprint density at radius 2 is 1.88 bits per heavy atom. The normalized spacial score (nSPS) is 12.7. The Labute approximate surface area is 203 Å². The lowest BCUT2D eigenvalue weighted by molar-refractivity contribution is -0.137. The molecule has 2 aromatic heterocycles. The number of nitrogens with zero attached hydrogens (tertiary/aromatic N) is 3. The van der Waals surface area contributed by atoms with Crippen LogP contribution in [0.3, 0.4) is 0 Å². The number of benzene rings is 2. The van der Waals surface area contributed by atoms with Crippen molar-refractivity contribution in [2.75, 3.05) is 11.3 Å². The number of aromatic nitrogens is 3. The molecule has 5 rings (SSSR count). The summed E-state index contributed by atoms with van der Waals surface area (Å²) in [6, 6.07) is 13.3. The van der Waals surface area contributed by atoms with Gasteiger partial charge in [0.25, 0.3) is 0 Å². The first-order valence-electron chi connectivity index (χ1n) is 10.4. The fraction of sp³-hybridized carbons (Fsp3) is 0.208. The Morgan fingerprint density at radius 1 is 1.06 bits per heavy atom. The molecule has 3 heterocycles. The Balaban J connectivity index is 0.000000162. The summed E-state index contributed by atoms with van der Waals surface area (Å²) in [7, 11) is 0. The molecule has 1 N–H and O–H groups in total. The maximum Gasteiger partial charge on any atom is 0.416 e. The van der Waals surface area contributed by atoms with E-state index in [1.807, 2.05) is 6.92 Å². The number of hydrogen-bond acceptors (Lipinski definition) is 7. The van der Waals surface area contributed by atoms with Gasteiger partial charge in [0, 0.05) is 28.2 Å². The topological polar surface area (TPSA) is 59.9 Å². The van der Waals surface area contributed by atoms with Crippen LogP contribution in [-0.4, -0.2) is 21.6 Å². The highest BCUT2D eigenvalue weighted by molar-refractivity contribution is 8.00. The minimum absolute atomic E-state index is 0.499. The van der Waals surface area contributed by atoms with Crippen LogP contribution >= 0.6 is 23.3 Å². The Kier molecular flexibility index (Phi) is 7.69. The first-order chi connectivity index (χ1) is 16.4. The van der Waals surface area contributed by atoms with Gasteiger partial charge in [-0.3, -0.25) is 4.72 Å². The number of nitrogens with one attached hydrogen (secondary N) is 1. The van der Waals surface area contributed by atoms with E-state index < -0.39 is 11.7 Å². The number of rotatable bonds is 4. The van der Waals surface area contributed by atoms with E-state index in [2.05, 4.69) is 37.9 Å². The lowest BCUT2D eigenvalue weighted by Gasteiger charge is -2.17. The van der Waals surface area contributed by atoms with Gasteiger partial charge in [0.05, 0.1) is 22.9 Å². The molecular weight excluding hydrogens is 481 g/mol. The van der Waals surface area contributed by atoms with Gasteiger partial charge in [-0.05, 0) is 67.6 Å². The van der Waals surface area contributed by atoms with Gasteiger partial charge in [0.1, 0.15) is 5.75 Å². The second-order valence-electron chi connectivity index (χ2n) is 7.33. The van der Waals surface area contributed by atoms with E-state index in [9.17, 15) is 13.2 Å². The molecular formula is C24H21F3N4OS2. The number of fused-ring (bicyclic) bond motifs is 1. The second kappa shape index (κ2) is 10.9. The molecule has 0 radical (unpaired) electrons. The van der Waals surface area contributed by atoms with Gasteiger partial charge in [-0.1, -0.05) is 18.2 Å². The van der Waals surface area contributed by atoms with Gasteiger partial charge in [-0.25, -0.2) is 15.0 Å². The summed E-state index contributed by atoms with van der Waals surface area (Å²) in [5, 5.41) is 2.59. The third-order valence-electron chi connectivity index (χ3n) is 4.82. The van der Waals surface area contributed by atoms with Gasteiger partial charge < -0.3 is 4.74 Å². The van der Waals surface area contributed by atoms with Crippen molar-refractivity contribution in [2.45, 2.75) is 30.8 Å². The molecule has 10 heteroatoms. The summed E-state index contributed by atoms with van der Waals surface area (Å²) >= 11 is 2.91. The van der Waals surface area contributed by atoms with Crippen molar-refractivity contribution in [3.63, 3.8) is 0 Å². The van der Waals surface area contributed by atoms with E-state index in [0.29, 0.717) is 17.2 Å². The molecule has 0 unspecified atom stereocenters. The number of thiazole rings is 1. The summed E-state index contributed by atoms with van der Waals surface area (Å²) in [5.41, 5.74) is 1.74. The van der Waals surface area contributed by atoms with Gasteiger partial charge >= 0.3 is 6.18 Å². The molecule has 0 aliphatic carbocycles. The van der Waals surface area contributed by atoms with E-state index in [-0.39, 0.29) is 0 Å². The molecule has 1 aliphatic heterocycles. The smallest absolute Gasteiger partial charge is 0.416 e. The van der Waals surface area contributed by atoms with Crippen molar-refractivity contribution in [3.8, 4) is 17.0 Å². The summed E-state index contributed by atoms with van der Waals surface area (Å²) in [5.74, 6) is 1.61. The molecule has 5 nitrogen and oxygen atoms in total. The summed E-state index contributed by atoms with van der Waals surface area (Å²) < 4.78 is 46.2. The SMILES string of the molecule is Cc1nc(-c2cccc(C(F)(F)F)c2)cs1.c1cnc(NSc2ccc3c(c2)OCCC3)nc1. The number of hydrogen-bond donors (Lipinski definition) is 1. The number of halogens is 3. The Hall–Kier alpha value is -3.11. The molecule has 34 heavy (non-hydrogen) atoms. The maximum absolute atomic E-state index is 12.5. The minimum Gasteiger partial charge on any atom is -0.493 e. The van der Waals surface area contributed by atoms with Crippen LogP contribution in [0.4, 0.5) is 19.1 Å². The predicted molar refractivity (Wildman–Crippen MR) is 129 cm³/mol. The van der Waals surface area contributed by atoms with E-state index in [4.69, 9.17) is 4.74 Å². The number of alkyl halides is 3. The Bertz CT molecular complexity index is 1230. The molecule has 1 aliphatic rings. The van der Waals surface area contributed by atoms with Crippen LogP contribution in [0.2, 0.25) is 0 Å². The predicted octanol–water partition coefficient (Wildman–Crippen LogP) is 7.06. The average Bonchev–Trinajstić information content (AvgIpc) is 3.29. The van der Waals surface area contributed by atoms with Crippen molar-refractivity contribution >= 4 is 29.2 Å². The van der Waals surface area contributed by atoms with Crippen molar-refractivity contribution < 1.29 is 17.9 Å². The molecule has 0 bridgehead atoms. The molecule has 0 amide bonds. The van der Waals surface area contributed by atoms with E-state index in [0.717, 1.165) is 47.2 Å². The highest BCUT2D eigenvalue weighted by atomic mass is 32.2. The zero-order valence-electron chi connectivity index (χ0n) is 18.2. The summed E-state index contributed by atoms with van der Waals surface area (Å²) in [6.45, 7) is 2.64. The first kappa shape index (κ1) is 24.0.